The standard InChI is InChI=1S/C14H14BrNOS/c1-9-3-4-11(7-12(9)15)14(17)16-8-13-10(2)5-6-18-13/h3-7H,8H2,1-2H3,(H,16,17). The normalized spacial score (nSPS) is 10.4. The average molecular weight is 324 g/mol. The van der Waals surface area contributed by atoms with Crippen molar-refractivity contribution in [1.82, 2.24) is 5.32 Å². The zero-order valence-electron chi connectivity index (χ0n) is 10.3. The van der Waals surface area contributed by atoms with Gasteiger partial charge in [0.15, 0.2) is 0 Å². The number of nitrogens with one attached hydrogen (secondary N) is 1. The van der Waals surface area contributed by atoms with E-state index >= 15 is 0 Å². The van der Waals surface area contributed by atoms with E-state index in [9.17, 15) is 4.79 Å². The predicted octanol–water partition coefficient (Wildman–Crippen LogP) is 4.06. The number of rotatable bonds is 3. The van der Waals surface area contributed by atoms with E-state index in [1.54, 1.807) is 11.3 Å². The number of halogens is 1. The van der Waals surface area contributed by atoms with Crippen LogP contribution in [0.25, 0.3) is 0 Å². The van der Waals surface area contributed by atoms with Crippen LogP contribution >= 0.6 is 27.3 Å². The highest BCUT2D eigenvalue weighted by molar-refractivity contribution is 9.10. The van der Waals surface area contributed by atoms with Crippen LogP contribution in [0.3, 0.4) is 0 Å². The van der Waals surface area contributed by atoms with Gasteiger partial charge in [-0.15, -0.1) is 11.3 Å². The van der Waals surface area contributed by atoms with Crippen LogP contribution in [0.15, 0.2) is 34.1 Å². The van der Waals surface area contributed by atoms with Gasteiger partial charge in [-0.05, 0) is 48.6 Å². The Kier molecular flexibility index (Phi) is 4.19. The first-order valence-corrected chi connectivity index (χ1v) is 7.32. The lowest BCUT2D eigenvalue weighted by atomic mass is 10.1. The molecule has 18 heavy (non-hydrogen) atoms. The maximum absolute atomic E-state index is 12.0. The molecule has 1 heterocycles. The number of amides is 1. The number of aryl methyl sites for hydroxylation is 2. The molecule has 4 heteroatoms. The van der Waals surface area contributed by atoms with E-state index < -0.39 is 0 Å². The van der Waals surface area contributed by atoms with Crippen molar-refractivity contribution in [1.29, 1.82) is 0 Å². The second kappa shape index (κ2) is 5.67. The molecule has 0 radical (unpaired) electrons. The van der Waals surface area contributed by atoms with Gasteiger partial charge in [-0.3, -0.25) is 4.79 Å². The van der Waals surface area contributed by atoms with Crippen molar-refractivity contribution in [2.24, 2.45) is 0 Å². The third-order valence-corrected chi connectivity index (χ3v) is 4.69. The SMILES string of the molecule is Cc1ccc(C(=O)NCc2sccc2C)cc1Br. The lowest BCUT2D eigenvalue weighted by molar-refractivity contribution is 0.0951. The molecule has 0 fully saturated rings. The lowest BCUT2D eigenvalue weighted by Crippen LogP contribution is -2.22. The molecule has 1 aromatic carbocycles. The second-order valence-electron chi connectivity index (χ2n) is 4.17. The summed E-state index contributed by atoms with van der Waals surface area (Å²) in [6, 6.07) is 7.70. The monoisotopic (exact) mass is 323 g/mol. The summed E-state index contributed by atoms with van der Waals surface area (Å²) in [6.07, 6.45) is 0. The van der Waals surface area contributed by atoms with Gasteiger partial charge >= 0.3 is 0 Å². The van der Waals surface area contributed by atoms with Crippen LogP contribution in [0.4, 0.5) is 0 Å². The highest BCUT2D eigenvalue weighted by Crippen LogP contribution is 2.18. The zero-order valence-corrected chi connectivity index (χ0v) is 12.7. The third kappa shape index (κ3) is 3.00. The van der Waals surface area contributed by atoms with Crippen LogP contribution in [0.5, 0.6) is 0 Å². The first-order valence-electron chi connectivity index (χ1n) is 5.65. The molecule has 0 aliphatic rings. The summed E-state index contributed by atoms with van der Waals surface area (Å²) in [5, 5.41) is 4.98. The van der Waals surface area contributed by atoms with Gasteiger partial charge < -0.3 is 5.32 Å². The Morgan fingerprint density at radius 1 is 1.28 bits per heavy atom. The Balaban J connectivity index is 2.04. The smallest absolute Gasteiger partial charge is 0.251 e. The minimum Gasteiger partial charge on any atom is -0.347 e. The number of carbonyl (C=O) groups excluding carboxylic acids is 1. The lowest BCUT2D eigenvalue weighted by Gasteiger charge is -2.06. The molecule has 0 atom stereocenters. The summed E-state index contributed by atoms with van der Waals surface area (Å²) in [4.78, 5) is 13.2. The van der Waals surface area contributed by atoms with E-state index in [0.717, 1.165) is 10.0 Å². The molecular formula is C14H14BrNOS. The summed E-state index contributed by atoms with van der Waals surface area (Å²) in [5.41, 5.74) is 3.03. The summed E-state index contributed by atoms with van der Waals surface area (Å²) in [7, 11) is 0. The van der Waals surface area contributed by atoms with Crippen LogP contribution in [0.1, 0.15) is 26.4 Å². The van der Waals surface area contributed by atoms with Crippen LogP contribution in [-0.2, 0) is 6.54 Å². The fourth-order valence-electron chi connectivity index (χ4n) is 1.58. The van der Waals surface area contributed by atoms with Crippen molar-refractivity contribution in [3.8, 4) is 0 Å². The molecule has 0 spiro atoms. The quantitative estimate of drug-likeness (QED) is 0.906. The fourth-order valence-corrected chi connectivity index (χ4v) is 2.81. The Bertz CT molecular complexity index is 577. The summed E-state index contributed by atoms with van der Waals surface area (Å²) >= 11 is 5.11. The molecule has 2 rings (SSSR count). The van der Waals surface area contributed by atoms with Crippen molar-refractivity contribution in [2.45, 2.75) is 20.4 Å². The first kappa shape index (κ1) is 13.3. The molecule has 0 bridgehead atoms. The van der Waals surface area contributed by atoms with Crippen molar-refractivity contribution >= 4 is 33.2 Å². The van der Waals surface area contributed by atoms with Gasteiger partial charge in [-0.25, -0.2) is 0 Å². The number of hydrogen-bond donors (Lipinski definition) is 1. The topological polar surface area (TPSA) is 29.1 Å². The minimum absolute atomic E-state index is 0.0384. The molecule has 0 aliphatic heterocycles. The summed E-state index contributed by atoms with van der Waals surface area (Å²) in [6.45, 7) is 4.65. The van der Waals surface area contributed by atoms with Crippen LogP contribution in [0.2, 0.25) is 0 Å². The van der Waals surface area contributed by atoms with Gasteiger partial charge in [-0.1, -0.05) is 22.0 Å². The molecule has 2 aromatic rings. The fraction of sp³-hybridized carbons (Fsp3) is 0.214. The molecule has 0 unspecified atom stereocenters. The van der Waals surface area contributed by atoms with E-state index in [0.29, 0.717) is 12.1 Å². The maximum atomic E-state index is 12.0. The van der Waals surface area contributed by atoms with E-state index in [4.69, 9.17) is 0 Å². The Hall–Kier alpha value is -1.13. The predicted molar refractivity (Wildman–Crippen MR) is 79.1 cm³/mol. The number of thiophene rings is 1. The van der Waals surface area contributed by atoms with Gasteiger partial charge in [0.05, 0.1) is 6.54 Å². The van der Waals surface area contributed by atoms with Gasteiger partial charge in [0.1, 0.15) is 0 Å². The van der Waals surface area contributed by atoms with E-state index in [-0.39, 0.29) is 5.91 Å². The highest BCUT2D eigenvalue weighted by Gasteiger charge is 2.08. The number of hydrogen-bond acceptors (Lipinski definition) is 2. The van der Waals surface area contributed by atoms with Crippen molar-refractivity contribution < 1.29 is 4.79 Å². The largest absolute Gasteiger partial charge is 0.347 e. The Labute approximate surface area is 119 Å². The molecule has 0 saturated carbocycles. The molecule has 1 N–H and O–H groups in total. The van der Waals surface area contributed by atoms with Crippen molar-refractivity contribution in [2.75, 3.05) is 0 Å². The summed E-state index contributed by atoms with van der Waals surface area (Å²) in [5.74, 6) is -0.0384. The third-order valence-electron chi connectivity index (χ3n) is 2.81. The maximum Gasteiger partial charge on any atom is 0.251 e. The molecule has 0 aliphatic carbocycles. The minimum atomic E-state index is -0.0384. The van der Waals surface area contributed by atoms with Crippen LogP contribution in [-0.4, -0.2) is 5.91 Å². The van der Waals surface area contributed by atoms with Gasteiger partial charge in [-0.2, -0.15) is 0 Å². The zero-order chi connectivity index (χ0) is 13.1. The van der Waals surface area contributed by atoms with E-state index in [2.05, 4.69) is 34.2 Å². The summed E-state index contributed by atoms with van der Waals surface area (Å²) < 4.78 is 0.961. The van der Waals surface area contributed by atoms with Crippen LogP contribution < -0.4 is 5.32 Å². The molecule has 1 amide bonds. The Morgan fingerprint density at radius 2 is 2.06 bits per heavy atom. The molecular weight excluding hydrogens is 310 g/mol. The Morgan fingerprint density at radius 3 is 2.67 bits per heavy atom. The van der Waals surface area contributed by atoms with Crippen molar-refractivity contribution in [3.05, 3.63) is 55.7 Å². The molecule has 94 valence electrons. The number of benzene rings is 1. The van der Waals surface area contributed by atoms with E-state index in [1.165, 1.54) is 10.4 Å². The first-order chi connectivity index (χ1) is 8.58. The van der Waals surface area contributed by atoms with Gasteiger partial charge in [0.2, 0.25) is 0 Å². The second-order valence-corrected chi connectivity index (χ2v) is 6.03. The molecule has 2 nitrogen and oxygen atoms in total. The average Bonchev–Trinajstić information content (AvgIpc) is 2.75. The number of carbonyl (C=O) groups is 1. The van der Waals surface area contributed by atoms with Crippen molar-refractivity contribution in [3.63, 3.8) is 0 Å². The van der Waals surface area contributed by atoms with Gasteiger partial charge in [0, 0.05) is 14.9 Å². The highest BCUT2D eigenvalue weighted by atomic mass is 79.9. The van der Waals surface area contributed by atoms with Gasteiger partial charge in [0.25, 0.3) is 5.91 Å². The van der Waals surface area contributed by atoms with E-state index in [1.807, 2.05) is 30.5 Å². The molecule has 1 aromatic heterocycles. The van der Waals surface area contributed by atoms with Crippen LogP contribution in [0, 0.1) is 13.8 Å². The molecule has 0 saturated heterocycles.